The summed E-state index contributed by atoms with van der Waals surface area (Å²) >= 11 is 0. The number of aryl methyl sites for hydroxylation is 1. The van der Waals surface area contributed by atoms with Crippen LogP contribution in [0.5, 0.6) is 0 Å². The van der Waals surface area contributed by atoms with Gasteiger partial charge in [-0.25, -0.2) is 0 Å². The lowest BCUT2D eigenvalue weighted by Gasteiger charge is -2.35. The first-order valence-electron chi connectivity index (χ1n) is 9.30. The number of benzene rings is 2. The molecule has 1 amide bonds. The Morgan fingerprint density at radius 3 is 2.11 bits per heavy atom. The molecule has 144 valence electrons. The first kappa shape index (κ1) is 20.7. The maximum Gasteiger partial charge on any atom is 0.311 e. The molecule has 4 nitrogen and oxygen atoms in total. The van der Waals surface area contributed by atoms with Crippen LogP contribution in [0.3, 0.4) is 0 Å². The molecule has 0 aliphatic carbocycles. The molecule has 4 heteroatoms. The predicted molar refractivity (Wildman–Crippen MR) is 109 cm³/mol. The number of hydrogen-bond acceptors (Lipinski definition) is 3. The molecule has 1 N–H and O–H groups in total. The molecule has 0 aromatic heterocycles. The Hall–Kier alpha value is -2.62. The van der Waals surface area contributed by atoms with Crippen LogP contribution in [0.25, 0.3) is 0 Å². The smallest absolute Gasteiger partial charge is 0.311 e. The van der Waals surface area contributed by atoms with Gasteiger partial charge in [0.25, 0.3) is 0 Å². The summed E-state index contributed by atoms with van der Waals surface area (Å²) in [5.41, 5.74) is 1.03. The van der Waals surface area contributed by atoms with Crippen LogP contribution >= 0.6 is 0 Å². The van der Waals surface area contributed by atoms with Gasteiger partial charge in [-0.05, 0) is 58.7 Å². The van der Waals surface area contributed by atoms with Crippen molar-refractivity contribution < 1.29 is 14.3 Å². The van der Waals surface area contributed by atoms with Crippen molar-refractivity contribution >= 4 is 17.6 Å². The number of carbonyl (C=O) groups excluding carboxylic acids is 2. The van der Waals surface area contributed by atoms with Gasteiger partial charge in [0.2, 0.25) is 5.91 Å². The van der Waals surface area contributed by atoms with Gasteiger partial charge in [0.05, 0.1) is 17.4 Å². The number of hydrogen-bond donors (Lipinski definition) is 1. The molecule has 2 aromatic rings. The Morgan fingerprint density at radius 1 is 0.963 bits per heavy atom. The van der Waals surface area contributed by atoms with Crippen LogP contribution in [-0.4, -0.2) is 18.5 Å². The molecule has 0 saturated heterocycles. The molecule has 0 saturated carbocycles. The van der Waals surface area contributed by atoms with E-state index < -0.39 is 10.8 Å². The Balaban J connectivity index is 2.40. The van der Waals surface area contributed by atoms with Crippen molar-refractivity contribution in [3.05, 3.63) is 65.7 Å². The van der Waals surface area contributed by atoms with E-state index in [1.165, 1.54) is 0 Å². The number of anilines is 1. The third-order valence-corrected chi connectivity index (χ3v) is 4.85. The summed E-state index contributed by atoms with van der Waals surface area (Å²) in [5, 5.41) is 3.00. The number of ether oxygens (including phenoxy) is 1. The third-order valence-electron chi connectivity index (χ3n) is 4.85. The van der Waals surface area contributed by atoms with Crippen molar-refractivity contribution in [1.29, 1.82) is 0 Å². The number of para-hydroxylation sites is 1. The molecule has 2 aromatic carbocycles. The minimum Gasteiger partial charge on any atom is -0.466 e. The third kappa shape index (κ3) is 4.97. The van der Waals surface area contributed by atoms with Gasteiger partial charge in [-0.15, -0.1) is 0 Å². The molecule has 0 spiro atoms. The molecule has 1 atom stereocenters. The second-order valence-corrected chi connectivity index (χ2v) is 7.80. The Bertz CT molecular complexity index is 781. The molecule has 27 heavy (non-hydrogen) atoms. The lowest BCUT2D eigenvalue weighted by atomic mass is 9.69. The molecule has 0 heterocycles. The van der Waals surface area contributed by atoms with E-state index in [0.717, 1.165) is 16.8 Å². The van der Waals surface area contributed by atoms with Crippen LogP contribution in [-0.2, 0) is 19.7 Å². The van der Waals surface area contributed by atoms with E-state index >= 15 is 0 Å². The highest BCUT2D eigenvalue weighted by molar-refractivity contribution is 5.99. The largest absolute Gasteiger partial charge is 0.466 e. The Morgan fingerprint density at radius 2 is 1.56 bits per heavy atom. The zero-order valence-electron chi connectivity index (χ0n) is 16.8. The van der Waals surface area contributed by atoms with Crippen molar-refractivity contribution in [2.75, 3.05) is 11.9 Å². The minimum absolute atomic E-state index is 0.144. The summed E-state index contributed by atoms with van der Waals surface area (Å²) in [6, 6.07) is 17.2. The van der Waals surface area contributed by atoms with Crippen molar-refractivity contribution in [1.82, 2.24) is 0 Å². The van der Waals surface area contributed by atoms with E-state index in [2.05, 4.69) is 5.32 Å². The van der Waals surface area contributed by atoms with Crippen LogP contribution in [0.4, 0.5) is 5.69 Å². The lowest BCUT2D eigenvalue weighted by molar-refractivity contribution is -0.154. The second kappa shape index (κ2) is 8.38. The molecular weight excluding hydrogens is 338 g/mol. The first-order chi connectivity index (χ1) is 12.7. The van der Waals surface area contributed by atoms with Crippen molar-refractivity contribution in [2.24, 2.45) is 5.41 Å². The number of amides is 1. The zero-order chi connectivity index (χ0) is 20.1. The van der Waals surface area contributed by atoms with E-state index in [0.29, 0.717) is 13.0 Å². The van der Waals surface area contributed by atoms with Gasteiger partial charge < -0.3 is 10.1 Å². The molecule has 0 aliphatic heterocycles. The molecule has 2 rings (SSSR count). The predicted octanol–water partition coefficient (Wildman–Crippen LogP) is 4.87. The SMILES string of the molecule is CCOC(=O)C(C)(C)CC(C)(C(=O)Nc1ccccc1)c1ccc(C)cc1. The Labute approximate surface area is 161 Å². The average molecular weight is 367 g/mol. The second-order valence-electron chi connectivity index (χ2n) is 7.80. The van der Waals surface area contributed by atoms with E-state index in [1.807, 2.05) is 82.3 Å². The standard InChI is InChI=1S/C23H29NO3/c1-6-27-21(26)22(3,4)16-23(5,18-14-12-17(2)13-15-18)20(25)24-19-10-8-7-9-11-19/h7-15H,6,16H2,1-5H3,(H,24,25). The van der Waals surface area contributed by atoms with Gasteiger partial charge in [-0.2, -0.15) is 0 Å². The van der Waals surface area contributed by atoms with E-state index in [4.69, 9.17) is 4.74 Å². The first-order valence-corrected chi connectivity index (χ1v) is 9.30. The molecule has 0 fully saturated rings. The number of esters is 1. The summed E-state index contributed by atoms with van der Waals surface area (Å²) in [4.78, 5) is 25.8. The maximum absolute atomic E-state index is 13.3. The zero-order valence-corrected chi connectivity index (χ0v) is 16.8. The molecule has 0 bridgehead atoms. The van der Waals surface area contributed by atoms with E-state index in [-0.39, 0.29) is 11.9 Å². The van der Waals surface area contributed by atoms with Crippen LogP contribution < -0.4 is 5.32 Å². The van der Waals surface area contributed by atoms with Crippen molar-refractivity contribution in [3.63, 3.8) is 0 Å². The van der Waals surface area contributed by atoms with Crippen molar-refractivity contribution in [3.8, 4) is 0 Å². The van der Waals surface area contributed by atoms with Gasteiger partial charge in [-0.3, -0.25) is 9.59 Å². The summed E-state index contributed by atoms with van der Waals surface area (Å²) in [6.07, 6.45) is 0.334. The van der Waals surface area contributed by atoms with Crippen LogP contribution in [0.15, 0.2) is 54.6 Å². The molecule has 1 unspecified atom stereocenters. The van der Waals surface area contributed by atoms with Gasteiger partial charge in [0.15, 0.2) is 0 Å². The van der Waals surface area contributed by atoms with Crippen LogP contribution in [0.1, 0.15) is 45.2 Å². The van der Waals surface area contributed by atoms with E-state index in [9.17, 15) is 9.59 Å². The summed E-state index contributed by atoms with van der Waals surface area (Å²) < 4.78 is 5.23. The summed E-state index contributed by atoms with van der Waals surface area (Å²) in [5.74, 6) is -0.439. The fourth-order valence-electron chi connectivity index (χ4n) is 3.31. The van der Waals surface area contributed by atoms with Gasteiger partial charge >= 0.3 is 5.97 Å². The molecule has 0 radical (unpaired) electrons. The maximum atomic E-state index is 13.3. The number of carbonyl (C=O) groups is 2. The molecular formula is C23H29NO3. The van der Waals surface area contributed by atoms with Crippen LogP contribution in [0.2, 0.25) is 0 Å². The molecule has 0 aliphatic rings. The topological polar surface area (TPSA) is 55.4 Å². The number of rotatable bonds is 7. The van der Waals surface area contributed by atoms with Gasteiger partial charge in [-0.1, -0.05) is 48.0 Å². The van der Waals surface area contributed by atoms with Crippen LogP contribution in [0, 0.1) is 12.3 Å². The minimum atomic E-state index is -0.889. The Kier molecular flexibility index (Phi) is 6.42. The quantitative estimate of drug-likeness (QED) is 0.710. The van der Waals surface area contributed by atoms with Gasteiger partial charge in [0, 0.05) is 5.69 Å². The normalized spacial score (nSPS) is 13.5. The number of nitrogens with one attached hydrogen (secondary N) is 1. The highest BCUT2D eigenvalue weighted by Crippen LogP contribution is 2.39. The summed E-state index contributed by atoms with van der Waals surface area (Å²) in [6.45, 7) is 9.65. The highest BCUT2D eigenvalue weighted by atomic mass is 16.5. The average Bonchev–Trinajstić information content (AvgIpc) is 2.62. The summed E-state index contributed by atoms with van der Waals surface area (Å²) in [7, 11) is 0. The van der Waals surface area contributed by atoms with E-state index in [1.54, 1.807) is 6.92 Å². The van der Waals surface area contributed by atoms with Crippen molar-refractivity contribution in [2.45, 2.75) is 46.5 Å². The monoisotopic (exact) mass is 367 g/mol. The van der Waals surface area contributed by atoms with Gasteiger partial charge in [0.1, 0.15) is 0 Å². The highest BCUT2D eigenvalue weighted by Gasteiger charge is 2.44. The fourth-order valence-corrected chi connectivity index (χ4v) is 3.31. The fraction of sp³-hybridized carbons (Fsp3) is 0.391. The lowest BCUT2D eigenvalue weighted by Crippen LogP contribution is -2.44.